The number of ether oxygens (including phenoxy) is 1. The minimum atomic E-state index is -0.338. The van der Waals surface area contributed by atoms with Crippen LogP contribution < -0.4 is 15.4 Å². The van der Waals surface area contributed by atoms with Crippen molar-refractivity contribution >= 4 is 56.0 Å². The first-order chi connectivity index (χ1) is 16.3. The third kappa shape index (κ3) is 5.55. The third-order valence-electron chi connectivity index (χ3n) is 5.08. The molecule has 7 nitrogen and oxygen atoms in total. The van der Waals surface area contributed by atoms with Gasteiger partial charge in [0.2, 0.25) is 5.89 Å². The fourth-order valence-corrected chi connectivity index (χ4v) is 3.72. The van der Waals surface area contributed by atoms with Crippen LogP contribution in [0.5, 0.6) is 11.5 Å². The Morgan fingerprint density at radius 3 is 2.79 bits per heavy atom. The molecule has 34 heavy (non-hydrogen) atoms. The van der Waals surface area contributed by atoms with Gasteiger partial charge in [-0.3, -0.25) is 10.1 Å². The van der Waals surface area contributed by atoms with Gasteiger partial charge in [-0.2, -0.15) is 0 Å². The Labute approximate surface area is 210 Å². The summed E-state index contributed by atoms with van der Waals surface area (Å²) in [6, 6.07) is 17.3. The molecule has 0 spiro atoms. The molecule has 4 aromatic rings. The molecule has 0 saturated heterocycles. The average Bonchev–Trinajstić information content (AvgIpc) is 3.24. The zero-order valence-corrected chi connectivity index (χ0v) is 20.9. The number of thiocarbonyl (C=S) groups is 1. The number of carbonyl (C=O) groups excluding carboxylic acids is 1. The minimum Gasteiger partial charge on any atom is -0.507 e. The van der Waals surface area contributed by atoms with Gasteiger partial charge in [-0.15, -0.1) is 0 Å². The molecule has 1 amide bonds. The quantitative estimate of drug-likeness (QED) is 0.248. The molecule has 0 aliphatic heterocycles. The van der Waals surface area contributed by atoms with Crippen molar-refractivity contribution in [1.29, 1.82) is 0 Å². The van der Waals surface area contributed by atoms with Gasteiger partial charge in [-0.1, -0.05) is 13.0 Å². The monoisotopic (exact) mass is 539 g/mol. The molecule has 0 aliphatic carbocycles. The molecule has 0 saturated carbocycles. The number of hydrogen-bond acceptors (Lipinski definition) is 6. The minimum absolute atomic E-state index is 0.0589. The number of nitrogens with zero attached hydrogens (tertiary/aromatic N) is 1. The van der Waals surface area contributed by atoms with Crippen LogP contribution in [-0.4, -0.2) is 27.2 Å². The lowest BCUT2D eigenvalue weighted by molar-refractivity contribution is 0.0977. The molecular weight excluding hydrogens is 518 g/mol. The van der Waals surface area contributed by atoms with Crippen LogP contribution in [0.25, 0.3) is 22.6 Å². The van der Waals surface area contributed by atoms with E-state index in [9.17, 15) is 9.90 Å². The van der Waals surface area contributed by atoms with Gasteiger partial charge in [-0.05, 0) is 96.1 Å². The molecule has 1 atom stereocenters. The Bertz CT molecular complexity index is 1370. The van der Waals surface area contributed by atoms with E-state index in [4.69, 9.17) is 21.4 Å². The van der Waals surface area contributed by atoms with Crippen LogP contribution >= 0.6 is 28.1 Å². The van der Waals surface area contributed by atoms with Gasteiger partial charge in [0.25, 0.3) is 5.91 Å². The van der Waals surface area contributed by atoms with E-state index in [1.807, 2.05) is 19.9 Å². The second-order valence-electron chi connectivity index (χ2n) is 7.64. The molecule has 174 valence electrons. The van der Waals surface area contributed by atoms with Gasteiger partial charge in [0, 0.05) is 16.8 Å². The van der Waals surface area contributed by atoms with E-state index in [2.05, 4.69) is 31.5 Å². The van der Waals surface area contributed by atoms with Crippen molar-refractivity contribution in [3.63, 3.8) is 0 Å². The largest absolute Gasteiger partial charge is 0.507 e. The number of fused-ring (bicyclic) bond motifs is 1. The smallest absolute Gasteiger partial charge is 0.257 e. The number of aromatic nitrogens is 1. The lowest BCUT2D eigenvalue weighted by Crippen LogP contribution is -2.34. The first-order valence-corrected chi connectivity index (χ1v) is 11.8. The number of phenols is 1. The van der Waals surface area contributed by atoms with Crippen molar-refractivity contribution in [2.24, 2.45) is 0 Å². The fraction of sp³-hybridized carbons (Fsp3) is 0.160. The maximum absolute atomic E-state index is 12.6. The highest BCUT2D eigenvalue weighted by molar-refractivity contribution is 9.10. The summed E-state index contributed by atoms with van der Waals surface area (Å²) in [6.45, 7) is 4.01. The van der Waals surface area contributed by atoms with Crippen LogP contribution in [0.3, 0.4) is 0 Å². The van der Waals surface area contributed by atoms with Crippen molar-refractivity contribution in [1.82, 2.24) is 10.3 Å². The fourth-order valence-electron chi connectivity index (χ4n) is 3.13. The molecule has 1 aromatic heterocycles. The summed E-state index contributed by atoms with van der Waals surface area (Å²) in [7, 11) is 0. The molecule has 1 unspecified atom stereocenters. The number of carbonyl (C=O) groups is 1. The van der Waals surface area contributed by atoms with Crippen molar-refractivity contribution in [3.05, 3.63) is 70.7 Å². The molecule has 0 radical (unpaired) electrons. The second-order valence-corrected chi connectivity index (χ2v) is 8.90. The maximum atomic E-state index is 12.6. The number of oxazole rings is 1. The summed E-state index contributed by atoms with van der Waals surface area (Å²) in [5.74, 6) is 0.850. The Morgan fingerprint density at radius 2 is 2.03 bits per heavy atom. The molecule has 0 aliphatic rings. The van der Waals surface area contributed by atoms with Crippen LogP contribution in [-0.2, 0) is 0 Å². The van der Waals surface area contributed by atoms with E-state index in [1.165, 1.54) is 0 Å². The number of anilines is 1. The van der Waals surface area contributed by atoms with Gasteiger partial charge < -0.3 is 19.6 Å². The van der Waals surface area contributed by atoms with Gasteiger partial charge in [0.05, 0.1) is 10.6 Å². The van der Waals surface area contributed by atoms with Gasteiger partial charge >= 0.3 is 0 Å². The summed E-state index contributed by atoms with van der Waals surface area (Å²) in [4.78, 5) is 17.2. The van der Waals surface area contributed by atoms with Crippen molar-refractivity contribution in [2.45, 2.75) is 26.4 Å². The van der Waals surface area contributed by atoms with Crippen molar-refractivity contribution < 1.29 is 19.1 Å². The summed E-state index contributed by atoms with van der Waals surface area (Å²) in [6.07, 6.45) is 0.928. The zero-order valence-electron chi connectivity index (χ0n) is 18.5. The third-order valence-corrected chi connectivity index (χ3v) is 5.91. The predicted octanol–water partition coefficient (Wildman–Crippen LogP) is 6.27. The summed E-state index contributed by atoms with van der Waals surface area (Å²) in [5.41, 5.74) is 3.03. The summed E-state index contributed by atoms with van der Waals surface area (Å²) >= 11 is 8.61. The number of phenolic OH excluding ortho intramolecular Hbond substituents is 1. The van der Waals surface area contributed by atoms with Gasteiger partial charge in [0.15, 0.2) is 10.7 Å². The first kappa shape index (κ1) is 23.7. The number of hydrogen-bond donors (Lipinski definition) is 3. The topological polar surface area (TPSA) is 96.6 Å². The number of nitrogens with one attached hydrogen (secondary N) is 2. The summed E-state index contributed by atoms with van der Waals surface area (Å²) in [5, 5.41) is 15.5. The number of rotatable bonds is 6. The maximum Gasteiger partial charge on any atom is 0.257 e. The van der Waals surface area contributed by atoms with E-state index in [0.29, 0.717) is 38.5 Å². The van der Waals surface area contributed by atoms with Crippen LogP contribution in [0, 0.1) is 0 Å². The number of aromatic hydroxyl groups is 1. The molecule has 0 fully saturated rings. The predicted molar refractivity (Wildman–Crippen MR) is 139 cm³/mol. The van der Waals surface area contributed by atoms with Gasteiger partial charge in [0.1, 0.15) is 17.0 Å². The van der Waals surface area contributed by atoms with E-state index in [0.717, 1.165) is 12.0 Å². The standard InChI is InChI=1S/C25H22BrN3O4S/c1-3-14(2)32-18-6-4-5-15(11-18)23(31)29-25(34)27-17-8-10-22-20(13-17)28-24(33-22)16-7-9-21(30)19(26)12-16/h4-14,30H,3H2,1-2H3,(H2,27,29,31,34). The molecule has 9 heteroatoms. The van der Waals surface area contributed by atoms with Crippen LogP contribution in [0.2, 0.25) is 0 Å². The molecule has 3 aromatic carbocycles. The average molecular weight is 540 g/mol. The molecule has 4 rings (SSSR count). The highest BCUT2D eigenvalue weighted by Crippen LogP contribution is 2.31. The van der Waals surface area contributed by atoms with Crippen molar-refractivity contribution in [2.75, 3.05) is 5.32 Å². The Morgan fingerprint density at radius 1 is 1.21 bits per heavy atom. The first-order valence-electron chi connectivity index (χ1n) is 10.6. The van der Waals surface area contributed by atoms with Crippen molar-refractivity contribution in [3.8, 4) is 23.0 Å². The van der Waals surface area contributed by atoms with E-state index >= 15 is 0 Å². The number of halogens is 1. The molecule has 0 bridgehead atoms. The highest BCUT2D eigenvalue weighted by Gasteiger charge is 2.13. The van der Waals surface area contributed by atoms with Crippen LogP contribution in [0.15, 0.2) is 69.6 Å². The Balaban J connectivity index is 1.44. The normalized spacial score (nSPS) is 11.7. The lowest BCUT2D eigenvalue weighted by Gasteiger charge is -2.14. The van der Waals surface area contributed by atoms with E-state index in [-0.39, 0.29) is 22.9 Å². The Hall–Kier alpha value is -3.43. The molecule has 3 N–H and O–H groups in total. The molecular formula is C25H22BrN3O4S. The Kier molecular flexibility index (Phi) is 7.14. The van der Waals surface area contributed by atoms with E-state index in [1.54, 1.807) is 54.6 Å². The van der Waals surface area contributed by atoms with E-state index < -0.39 is 0 Å². The second kappa shape index (κ2) is 10.2. The van der Waals surface area contributed by atoms with Crippen LogP contribution in [0.1, 0.15) is 30.6 Å². The SMILES string of the molecule is CCC(C)Oc1cccc(C(=O)NC(=S)Nc2ccc3oc(-c4ccc(O)c(Br)c4)nc3c2)c1. The zero-order chi connectivity index (χ0) is 24.2. The highest BCUT2D eigenvalue weighted by atomic mass is 79.9. The molecule has 1 heterocycles. The number of benzene rings is 3. The number of amides is 1. The summed E-state index contributed by atoms with van der Waals surface area (Å²) < 4.78 is 12.2. The van der Waals surface area contributed by atoms with Crippen LogP contribution in [0.4, 0.5) is 5.69 Å². The van der Waals surface area contributed by atoms with Gasteiger partial charge in [-0.25, -0.2) is 4.98 Å². The lowest BCUT2D eigenvalue weighted by atomic mass is 10.2.